The molecule has 0 unspecified atom stereocenters. The number of phenolic OH excluding ortho intramolecular Hbond substituents is 1. The number of thioether (sulfide) groups is 1. The first kappa shape index (κ1) is 14.6. The summed E-state index contributed by atoms with van der Waals surface area (Å²) in [5.41, 5.74) is 0.900. The zero-order valence-electron chi connectivity index (χ0n) is 11.6. The number of carbonyl (C=O) groups excluding carboxylic acids is 1. The molecule has 5 heteroatoms. The number of rotatable bonds is 2. The van der Waals surface area contributed by atoms with E-state index in [1.165, 1.54) is 31.0 Å². The van der Waals surface area contributed by atoms with Crippen LogP contribution in [-0.4, -0.2) is 26.3 Å². The van der Waals surface area contributed by atoms with Gasteiger partial charge in [-0.2, -0.15) is 0 Å². The second kappa shape index (κ2) is 6.20. The topological polar surface area (TPSA) is 40.5 Å². The largest absolute Gasteiger partial charge is 0.508 e. The molecule has 2 aliphatic rings. The van der Waals surface area contributed by atoms with Crippen molar-refractivity contribution in [3.63, 3.8) is 0 Å². The summed E-state index contributed by atoms with van der Waals surface area (Å²) in [5, 5.41) is 9.30. The first-order valence-corrected chi connectivity index (χ1v) is 8.44. The minimum atomic E-state index is 0.0324. The van der Waals surface area contributed by atoms with Crippen LogP contribution in [0, 0.1) is 0 Å². The zero-order chi connectivity index (χ0) is 14.8. The summed E-state index contributed by atoms with van der Waals surface area (Å²) in [6.07, 6.45) is 7.57. The van der Waals surface area contributed by atoms with Crippen molar-refractivity contribution in [2.75, 3.05) is 0 Å². The molecule has 0 spiro atoms. The molecule has 1 aliphatic carbocycles. The van der Waals surface area contributed by atoms with Gasteiger partial charge in [0.2, 0.25) is 0 Å². The minimum Gasteiger partial charge on any atom is -0.508 e. The maximum atomic E-state index is 12.6. The average Bonchev–Trinajstić information content (AvgIpc) is 2.77. The number of hydrogen-bond donors (Lipinski definition) is 1. The van der Waals surface area contributed by atoms with Crippen LogP contribution in [0.5, 0.6) is 5.75 Å². The van der Waals surface area contributed by atoms with Crippen LogP contribution in [0.1, 0.15) is 37.7 Å². The van der Waals surface area contributed by atoms with E-state index < -0.39 is 0 Å². The van der Waals surface area contributed by atoms with E-state index in [1.54, 1.807) is 24.3 Å². The van der Waals surface area contributed by atoms with Gasteiger partial charge in [0.1, 0.15) is 10.1 Å². The molecule has 110 valence electrons. The Morgan fingerprint density at radius 3 is 2.52 bits per heavy atom. The molecule has 21 heavy (non-hydrogen) atoms. The second-order valence-corrected chi connectivity index (χ2v) is 7.11. The van der Waals surface area contributed by atoms with Crippen LogP contribution < -0.4 is 0 Å². The molecule has 1 saturated carbocycles. The number of amides is 1. The molecule has 1 N–H and O–H groups in total. The first-order chi connectivity index (χ1) is 10.1. The van der Waals surface area contributed by atoms with Crippen molar-refractivity contribution in [2.45, 2.75) is 38.1 Å². The molecule has 3 nitrogen and oxygen atoms in total. The fraction of sp³-hybridized carbons (Fsp3) is 0.375. The van der Waals surface area contributed by atoms with Gasteiger partial charge in [-0.05, 0) is 36.6 Å². The van der Waals surface area contributed by atoms with E-state index in [0.29, 0.717) is 9.23 Å². The molecule has 1 aromatic carbocycles. The molecule has 0 bridgehead atoms. The smallest absolute Gasteiger partial charge is 0.266 e. The summed E-state index contributed by atoms with van der Waals surface area (Å²) in [7, 11) is 0. The Kier molecular flexibility index (Phi) is 4.31. The highest BCUT2D eigenvalue weighted by molar-refractivity contribution is 8.26. The van der Waals surface area contributed by atoms with E-state index in [2.05, 4.69) is 0 Å². The molecule has 1 heterocycles. The molecule has 1 aliphatic heterocycles. The average molecular weight is 319 g/mol. The normalized spacial score (nSPS) is 22.3. The lowest BCUT2D eigenvalue weighted by molar-refractivity contribution is -0.124. The lowest BCUT2D eigenvalue weighted by Gasteiger charge is -2.29. The van der Waals surface area contributed by atoms with Gasteiger partial charge in [-0.15, -0.1) is 0 Å². The van der Waals surface area contributed by atoms with Crippen LogP contribution in [-0.2, 0) is 4.79 Å². The number of thiocarbonyl (C=S) groups is 1. The van der Waals surface area contributed by atoms with Crippen molar-refractivity contribution in [3.8, 4) is 5.75 Å². The fourth-order valence-corrected chi connectivity index (χ4v) is 4.26. The summed E-state index contributed by atoms with van der Waals surface area (Å²) >= 11 is 6.78. The van der Waals surface area contributed by atoms with Crippen LogP contribution in [0.2, 0.25) is 0 Å². The molecule has 0 aromatic heterocycles. The fourth-order valence-electron chi connectivity index (χ4n) is 2.86. The third kappa shape index (κ3) is 3.14. The molecule has 0 radical (unpaired) electrons. The van der Waals surface area contributed by atoms with Crippen molar-refractivity contribution < 1.29 is 9.90 Å². The SMILES string of the molecule is O=C1/C(=C\c2ccc(O)cc2)SC(=S)N1C1CCCCC1. The van der Waals surface area contributed by atoms with Gasteiger partial charge in [0.25, 0.3) is 5.91 Å². The lowest BCUT2D eigenvalue weighted by atomic mass is 9.94. The van der Waals surface area contributed by atoms with Crippen molar-refractivity contribution in [1.29, 1.82) is 0 Å². The summed E-state index contributed by atoms with van der Waals surface area (Å²) in [6.45, 7) is 0. The summed E-state index contributed by atoms with van der Waals surface area (Å²) in [5.74, 6) is 0.256. The van der Waals surface area contributed by atoms with Crippen LogP contribution in [0.3, 0.4) is 0 Å². The van der Waals surface area contributed by atoms with E-state index >= 15 is 0 Å². The molecule has 1 aromatic rings. The van der Waals surface area contributed by atoms with Gasteiger partial charge in [-0.3, -0.25) is 9.69 Å². The lowest BCUT2D eigenvalue weighted by Crippen LogP contribution is -2.39. The highest BCUT2D eigenvalue weighted by Crippen LogP contribution is 2.37. The van der Waals surface area contributed by atoms with Gasteiger partial charge in [0.15, 0.2) is 0 Å². The van der Waals surface area contributed by atoms with Crippen LogP contribution in [0.25, 0.3) is 6.08 Å². The molecular weight excluding hydrogens is 302 g/mol. The number of aromatic hydroxyl groups is 1. The quantitative estimate of drug-likeness (QED) is 0.662. The predicted octanol–water partition coefficient (Wildman–Crippen LogP) is 3.93. The highest BCUT2D eigenvalue weighted by atomic mass is 32.2. The standard InChI is InChI=1S/C16H17NO2S2/c18-13-8-6-11(7-9-13)10-14-15(19)17(16(20)21-14)12-4-2-1-3-5-12/h6-10,12,18H,1-5H2/b14-10+. The minimum absolute atomic E-state index is 0.0324. The van der Waals surface area contributed by atoms with E-state index in [0.717, 1.165) is 18.4 Å². The monoisotopic (exact) mass is 319 g/mol. The van der Waals surface area contributed by atoms with Gasteiger partial charge in [0, 0.05) is 6.04 Å². The third-order valence-electron chi connectivity index (χ3n) is 3.95. The van der Waals surface area contributed by atoms with Crippen molar-refractivity contribution >= 4 is 40.3 Å². The zero-order valence-corrected chi connectivity index (χ0v) is 13.3. The van der Waals surface area contributed by atoms with Crippen LogP contribution in [0.15, 0.2) is 29.2 Å². The Morgan fingerprint density at radius 2 is 1.86 bits per heavy atom. The number of carbonyl (C=O) groups is 1. The Hall–Kier alpha value is -1.33. The van der Waals surface area contributed by atoms with E-state index in [9.17, 15) is 9.90 Å². The van der Waals surface area contributed by atoms with E-state index in [4.69, 9.17) is 12.2 Å². The number of benzene rings is 1. The molecular formula is C16H17NO2S2. The van der Waals surface area contributed by atoms with Crippen LogP contribution >= 0.6 is 24.0 Å². The van der Waals surface area contributed by atoms with Gasteiger partial charge in [0.05, 0.1) is 4.91 Å². The summed E-state index contributed by atoms with van der Waals surface area (Å²) < 4.78 is 0.678. The molecule has 0 atom stereocenters. The van der Waals surface area contributed by atoms with Crippen molar-refractivity contribution in [3.05, 3.63) is 34.7 Å². The van der Waals surface area contributed by atoms with Gasteiger partial charge < -0.3 is 5.11 Å². The Labute approximate surface area is 134 Å². The molecule has 1 amide bonds. The molecule has 1 saturated heterocycles. The van der Waals surface area contributed by atoms with E-state index in [-0.39, 0.29) is 17.7 Å². The maximum absolute atomic E-state index is 12.6. The van der Waals surface area contributed by atoms with Gasteiger partial charge in [-0.25, -0.2) is 0 Å². The number of hydrogen-bond acceptors (Lipinski definition) is 4. The Balaban J connectivity index is 1.80. The van der Waals surface area contributed by atoms with Crippen molar-refractivity contribution in [2.24, 2.45) is 0 Å². The number of nitrogens with zero attached hydrogens (tertiary/aromatic N) is 1. The van der Waals surface area contributed by atoms with Gasteiger partial charge >= 0.3 is 0 Å². The Morgan fingerprint density at radius 1 is 1.19 bits per heavy atom. The first-order valence-electron chi connectivity index (χ1n) is 7.21. The van der Waals surface area contributed by atoms with Crippen LogP contribution in [0.4, 0.5) is 0 Å². The van der Waals surface area contributed by atoms with E-state index in [1.807, 2.05) is 11.0 Å². The highest BCUT2D eigenvalue weighted by Gasteiger charge is 2.37. The maximum Gasteiger partial charge on any atom is 0.266 e. The van der Waals surface area contributed by atoms with Crippen molar-refractivity contribution in [1.82, 2.24) is 4.90 Å². The predicted molar refractivity (Wildman–Crippen MR) is 90.0 cm³/mol. The second-order valence-electron chi connectivity index (χ2n) is 5.44. The summed E-state index contributed by atoms with van der Waals surface area (Å²) in [6, 6.07) is 7.10. The Bertz CT molecular complexity index is 589. The number of phenols is 1. The van der Waals surface area contributed by atoms with Gasteiger partial charge in [-0.1, -0.05) is 55.4 Å². The molecule has 3 rings (SSSR count). The third-order valence-corrected chi connectivity index (χ3v) is 5.28. The summed E-state index contributed by atoms with van der Waals surface area (Å²) in [4.78, 5) is 15.1. The molecule has 2 fully saturated rings.